The molecule has 0 saturated carbocycles. The Kier molecular flexibility index (Phi) is 3.61. The first-order valence-corrected chi connectivity index (χ1v) is 5.39. The largest absolute Gasteiger partial charge is 0.573 e. The number of nitro groups is 1. The van der Waals surface area contributed by atoms with E-state index in [1.807, 2.05) is 0 Å². The van der Waals surface area contributed by atoms with Crippen LogP contribution in [0.4, 0.5) is 24.8 Å². The lowest BCUT2D eigenvalue weighted by atomic mass is 10.1. The van der Waals surface area contributed by atoms with E-state index < -0.39 is 22.7 Å². The highest BCUT2D eigenvalue weighted by Crippen LogP contribution is 2.31. The summed E-state index contributed by atoms with van der Waals surface area (Å²) in [5.74, 6) is -0.760. The van der Waals surface area contributed by atoms with Crippen LogP contribution in [0.2, 0.25) is 0 Å². The van der Waals surface area contributed by atoms with Gasteiger partial charge in [-0.3, -0.25) is 10.1 Å². The number of anilines is 1. The van der Waals surface area contributed by atoms with Crippen LogP contribution in [0.15, 0.2) is 30.5 Å². The minimum atomic E-state index is -4.87. The molecule has 1 aromatic carbocycles. The predicted molar refractivity (Wildman–Crippen MR) is 65.2 cm³/mol. The second-order valence-corrected chi connectivity index (χ2v) is 3.79. The Hall–Kier alpha value is -2.91. The third-order valence-corrected chi connectivity index (χ3v) is 2.33. The number of rotatable bonds is 3. The van der Waals surface area contributed by atoms with Gasteiger partial charge in [-0.05, 0) is 12.1 Å². The summed E-state index contributed by atoms with van der Waals surface area (Å²) in [6, 6.07) is 4.63. The Balaban J connectivity index is 2.50. The molecule has 2 N–H and O–H groups in total. The van der Waals surface area contributed by atoms with Gasteiger partial charge in [0.15, 0.2) is 5.69 Å². The average molecular weight is 300 g/mol. The lowest BCUT2D eigenvalue weighted by Gasteiger charge is -2.10. The van der Waals surface area contributed by atoms with Crippen LogP contribution in [-0.2, 0) is 0 Å². The number of hydrogen-bond donors (Lipinski definition) is 1. The molecule has 0 spiro atoms. The van der Waals surface area contributed by atoms with E-state index in [0.717, 1.165) is 18.3 Å². The molecule has 10 heteroatoms. The normalized spacial score (nSPS) is 11.2. The molecule has 0 bridgehead atoms. The van der Waals surface area contributed by atoms with Gasteiger partial charge in [-0.2, -0.15) is 0 Å². The number of hydrogen-bond acceptors (Lipinski definition) is 6. The number of aromatic nitrogens is 2. The monoisotopic (exact) mass is 300 g/mol. The van der Waals surface area contributed by atoms with Crippen molar-refractivity contribution >= 4 is 11.6 Å². The van der Waals surface area contributed by atoms with E-state index >= 15 is 0 Å². The van der Waals surface area contributed by atoms with Crippen LogP contribution < -0.4 is 10.5 Å². The van der Waals surface area contributed by atoms with Gasteiger partial charge < -0.3 is 10.5 Å². The number of ether oxygens (including phenoxy) is 1. The molecule has 110 valence electrons. The second-order valence-electron chi connectivity index (χ2n) is 3.79. The van der Waals surface area contributed by atoms with Crippen molar-refractivity contribution in [1.29, 1.82) is 0 Å². The van der Waals surface area contributed by atoms with Crippen molar-refractivity contribution in [2.75, 3.05) is 5.73 Å². The van der Waals surface area contributed by atoms with E-state index in [2.05, 4.69) is 14.7 Å². The standard InChI is InChI=1S/C11H7F3N4O3/c12-11(13,14)21-7-3-1-2-6(4-7)9-8(18(19)20)5-16-10(15)17-9/h1-5H,(H2,15,16,17). The number of alkyl halides is 3. The lowest BCUT2D eigenvalue weighted by molar-refractivity contribution is -0.384. The molecule has 1 aromatic heterocycles. The fourth-order valence-corrected chi connectivity index (χ4v) is 1.58. The van der Waals surface area contributed by atoms with Gasteiger partial charge in [0.1, 0.15) is 11.9 Å². The zero-order valence-corrected chi connectivity index (χ0v) is 10.2. The van der Waals surface area contributed by atoms with Gasteiger partial charge in [-0.1, -0.05) is 12.1 Å². The smallest absolute Gasteiger partial charge is 0.406 e. The Labute approximate surface area is 115 Å². The van der Waals surface area contributed by atoms with Gasteiger partial charge in [-0.25, -0.2) is 9.97 Å². The highest BCUT2D eigenvalue weighted by molar-refractivity contribution is 5.70. The van der Waals surface area contributed by atoms with Gasteiger partial charge in [0.2, 0.25) is 5.95 Å². The van der Waals surface area contributed by atoms with Crippen molar-refractivity contribution in [2.45, 2.75) is 6.36 Å². The Bertz CT molecular complexity index is 691. The second kappa shape index (κ2) is 5.23. The van der Waals surface area contributed by atoms with E-state index in [1.54, 1.807) is 0 Å². The van der Waals surface area contributed by atoms with Crippen molar-refractivity contribution in [2.24, 2.45) is 0 Å². The van der Waals surface area contributed by atoms with Gasteiger partial charge in [0, 0.05) is 5.56 Å². The number of halogens is 3. The van der Waals surface area contributed by atoms with E-state index in [4.69, 9.17) is 5.73 Å². The molecular formula is C11H7F3N4O3. The van der Waals surface area contributed by atoms with Crippen molar-refractivity contribution in [3.05, 3.63) is 40.6 Å². The molecule has 0 aliphatic carbocycles. The van der Waals surface area contributed by atoms with Gasteiger partial charge in [0.05, 0.1) is 4.92 Å². The fourth-order valence-electron chi connectivity index (χ4n) is 1.58. The molecule has 2 aromatic rings. The van der Waals surface area contributed by atoms with Crippen molar-refractivity contribution in [1.82, 2.24) is 9.97 Å². The van der Waals surface area contributed by atoms with Gasteiger partial charge in [0.25, 0.3) is 0 Å². The Morgan fingerprint density at radius 2 is 2.05 bits per heavy atom. The summed E-state index contributed by atoms with van der Waals surface area (Å²) in [5, 5.41) is 10.9. The predicted octanol–water partition coefficient (Wildman–Crippen LogP) is 2.53. The van der Waals surface area contributed by atoms with E-state index in [1.165, 1.54) is 12.1 Å². The fraction of sp³-hybridized carbons (Fsp3) is 0.0909. The molecule has 7 nitrogen and oxygen atoms in total. The quantitative estimate of drug-likeness (QED) is 0.690. The topological polar surface area (TPSA) is 104 Å². The average Bonchev–Trinajstić information content (AvgIpc) is 2.36. The first-order valence-electron chi connectivity index (χ1n) is 5.39. The molecule has 1 heterocycles. The van der Waals surface area contributed by atoms with Gasteiger partial charge in [-0.15, -0.1) is 13.2 Å². The third-order valence-electron chi connectivity index (χ3n) is 2.33. The number of nitrogen functional groups attached to an aromatic ring is 1. The van der Waals surface area contributed by atoms with E-state index in [9.17, 15) is 23.3 Å². The molecule has 0 aliphatic heterocycles. The van der Waals surface area contributed by atoms with E-state index in [-0.39, 0.29) is 17.2 Å². The Morgan fingerprint density at radius 3 is 2.67 bits per heavy atom. The van der Waals surface area contributed by atoms with Crippen LogP contribution in [-0.4, -0.2) is 21.3 Å². The Morgan fingerprint density at radius 1 is 1.33 bits per heavy atom. The van der Waals surface area contributed by atoms with Crippen molar-refractivity contribution in [3.63, 3.8) is 0 Å². The van der Waals surface area contributed by atoms with Crippen LogP contribution >= 0.6 is 0 Å². The maximum absolute atomic E-state index is 12.2. The van der Waals surface area contributed by atoms with Crippen molar-refractivity contribution < 1.29 is 22.8 Å². The highest BCUT2D eigenvalue weighted by atomic mass is 19.4. The number of benzene rings is 1. The summed E-state index contributed by atoms with van der Waals surface area (Å²) in [4.78, 5) is 17.3. The zero-order chi connectivity index (χ0) is 15.6. The summed E-state index contributed by atoms with van der Waals surface area (Å²) in [7, 11) is 0. The molecule has 0 unspecified atom stereocenters. The van der Waals surface area contributed by atoms with E-state index in [0.29, 0.717) is 0 Å². The molecule has 0 atom stereocenters. The molecular weight excluding hydrogens is 293 g/mol. The number of nitrogens with two attached hydrogens (primary N) is 1. The van der Waals surface area contributed by atoms with Crippen LogP contribution in [0.1, 0.15) is 0 Å². The summed E-state index contributed by atoms with van der Waals surface area (Å²) in [6.07, 6.45) is -3.98. The van der Waals surface area contributed by atoms with Crippen LogP contribution in [0, 0.1) is 10.1 Å². The van der Waals surface area contributed by atoms with Crippen LogP contribution in [0.25, 0.3) is 11.3 Å². The van der Waals surface area contributed by atoms with Crippen LogP contribution in [0.3, 0.4) is 0 Å². The zero-order valence-electron chi connectivity index (χ0n) is 10.2. The summed E-state index contributed by atoms with van der Waals surface area (Å²) in [5.41, 5.74) is 4.73. The molecule has 2 rings (SSSR count). The molecule has 0 amide bonds. The minimum absolute atomic E-state index is 0.0533. The summed E-state index contributed by atoms with van der Waals surface area (Å²) < 4.78 is 40.3. The molecule has 0 radical (unpaired) electrons. The van der Waals surface area contributed by atoms with Gasteiger partial charge >= 0.3 is 12.0 Å². The van der Waals surface area contributed by atoms with Crippen molar-refractivity contribution in [3.8, 4) is 17.0 Å². The summed E-state index contributed by atoms with van der Waals surface area (Å²) in [6.45, 7) is 0. The first-order chi connectivity index (χ1) is 9.76. The molecule has 21 heavy (non-hydrogen) atoms. The minimum Gasteiger partial charge on any atom is -0.406 e. The SMILES string of the molecule is Nc1ncc([N+](=O)[O-])c(-c2cccc(OC(F)(F)F)c2)n1. The lowest BCUT2D eigenvalue weighted by Crippen LogP contribution is -2.17. The molecule has 0 saturated heterocycles. The summed E-state index contributed by atoms with van der Waals surface area (Å²) >= 11 is 0. The molecule has 0 aliphatic rings. The maximum Gasteiger partial charge on any atom is 0.573 e. The number of nitrogens with zero attached hydrogens (tertiary/aromatic N) is 3. The maximum atomic E-state index is 12.2. The molecule has 0 fully saturated rings. The van der Waals surface area contributed by atoms with Crippen LogP contribution in [0.5, 0.6) is 5.75 Å². The highest BCUT2D eigenvalue weighted by Gasteiger charge is 2.31. The third kappa shape index (κ3) is 3.55. The first kappa shape index (κ1) is 14.5.